The van der Waals surface area contributed by atoms with Gasteiger partial charge in [-0.25, -0.2) is 4.39 Å². The number of halogens is 1. The number of rotatable bonds is 5. The van der Waals surface area contributed by atoms with Gasteiger partial charge in [0.15, 0.2) is 0 Å². The average Bonchev–Trinajstić information content (AvgIpc) is 2.14. The molecule has 0 aliphatic carbocycles. The van der Waals surface area contributed by atoms with Gasteiger partial charge in [0.2, 0.25) is 0 Å². The first-order chi connectivity index (χ1) is 7.11. The second-order valence-corrected chi connectivity index (χ2v) is 3.80. The van der Waals surface area contributed by atoms with Gasteiger partial charge < -0.3 is 10.5 Å². The van der Waals surface area contributed by atoms with Crippen molar-refractivity contribution in [3.63, 3.8) is 0 Å². The zero-order valence-corrected chi connectivity index (χ0v) is 9.29. The zero-order valence-electron chi connectivity index (χ0n) is 9.29. The van der Waals surface area contributed by atoms with Gasteiger partial charge >= 0.3 is 0 Å². The molecule has 0 amide bonds. The summed E-state index contributed by atoms with van der Waals surface area (Å²) in [5.74, 6) is -0.309. The van der Waals surface area contributed by atoms with E-state index in [2.05, 4.69) is 6.92 Å². The summed E-state index contributed by atoms with van der Waals surface area (Å²) in [4.78, 5) is 0. The summed E-state index contributed by atoms with van der Waals surface area (Å²) in [6.07, 6.45) is 2.32. The fourth-order valence-corrected chi connectivity index (χ4v) is 1.49. The molecule has 1 aromatic rings. The molecule has 2 N–H and O–H groups in total. The summed E-state index contributed by atoms with van der Waals surface area (Å²) in [6.45, 7) is 4.55. The Bertz CT molecular complexity index is 294. The minimum Gasteiger partial charge on any atom is -0.399 e. The van der Waals surface area contributed by atoms with E-state index in [9.17, 15) is 4.39 Å². The molecule has 1 rings (SSSR count). The van der Waals surface area contributed by atoms with Crippen LogP contribution in [0.3, 0.4) is 0 Å². The Hall–Kier alpha value is -1.09. The summed E-state index contributed by atoms with van der Waals surface area (Å²) in [6, 6.07) is 4.50. The van der Waals surface area contributed by atoms with E-state index in [1.807, 2.05) is 6.92 Å². The topological polar surface area (TPSA) is 35.2 Å². The Kier molecular flexibility index (Phi) is 4.56. The Morgan fingerprint density at radius 2 is 2.13 bits per heavy atom. The van der Waals surface area contributed by atoms with Crippen LogP contribution in [-0.4, -0.2) is 6.10 Å². The third kappa shape index (κ3) is 4.30. The van der Waals surface area contributed by atoms with E-state index >= 15 is 0 Å². The largest absolute Gasteiger partial charge is 0.399 e. The van der Waals surface area contributed by atoms with Crippen LogP contribution in [0, 0.1) is 5.82 Å². The highest BCUT2D eigenvalue weighted by Crippen LogP contribution is 2.13. The molecular formula is C12H18FNO. The molecule has 84 valence electrons. The molecule has 2 nitrogen and oxygen atoms in total. The standard InChI is InChI=1S/C12H18FNO/c1-3-4-9(2)15-8-10-5-11(13)7-12(14)6-10/h5-7,9H,3-4,8,14H2,1-2H3. The lowest BCUT2D eigenvalue weighted by Gasteiger charge is -2.12. The first-order valence-electron chi connectivity index (χ1n) is 5.28. The number of anilines is 1. The van der Waals surface area contributed by atoms with E-state index in [1.54, 1.807) is 6.07 Å². The van der Waals surface area contributed by atoms with Crippen LogP contribution in [0.2, 0.25) is 0 Å². The molecule has 0 heterocycles. The summed E-state index contributed by atoms with van der Waals surface area (Å²) < 4.78 is 18.5. The van der Waals surface area contributed by atoms with Gasteiger partial charge in [-0.15, -0.1) is 0 Å². The molecule has 0 saturated carbocycles. The molecule has 0 aromatic heterocycles. The van der Waals surface area contributed by atoms with Crippen molar-refractivity contribution in [2.45, 2.75) is 39.4 Å². The Labute approximate surface area is 90.2 Å². The Morgan fingerprint density at radius 3 is 2.73 bits per heavy atom. The molecule has 0 bridgehead atoms. The maximum atomic E-state index is 13.0. The van der Waals surface area contributed by atoms with Gasteiger partial charge in [0.05, 0.1) is 12.7 Å². The number of benzene rings is 1. The molecule has 0 aliphatic rings. The van der Waals surface area contributed by atoms with Gasteiger partial charge in [-0.3, -0.25) is 0 Å². The van der Waals surface area contributed by atoms with Crippen LogP contribution in [0.25, 0.3) is 0 Å². The third-order valence-corrected chi connectivity index (χ3v) is 2.21. The molecule has 15 heavy (non-hydrogen) atoms. The first-order valence-corrected chi connectivity index (χ1v) is 5.28. The highest BCUT2D eigenvalue weighted by molar-refractivity contribution is 5.41. The van der Waals surface area contributed by atoms with Gasteiger partial charge in [-0.2, -0.15) is 0 Å². The van der Waals surface area contributed by atoms with Crippen molar-refractivity contribution < 1.29 is 9.13 Å². The van der Waals surface area contributed by atoms with Gasteiger partial charge in [0, 0.05) is 5.69 Å². The van der Waals surface area contributed by atoms with Crippen molar-refractivity contribution in [3.05, 3.63) is 29.6 Å². The minimum atomic E-state index is -0.309. The molecular weight excluding hydrogens is 193 g/mol. The van der Waals surface area contributed by atoms with Crippen molar-refractivity contribution in [1.82, 2.24) is 0 Å². The van der Waals surface area contributed by atoms with Gasteiger partial charge in [-0.05, 0) is 37.1 Å². The summed E-state index contributed by atoms with van der Waals surface area (Å²) in [7, 11) is 0. The van der Waals surface area contributed by atoms with E-state index in [1.165, 1.54) is 12.1 Å². The normalized spacial score (nSPS) is 12.7. The Balaban J connectivity index is 2.50. The number of nitrogens with two attached hydrogens (primary N) is 1. The smallest absolute Gasteiger partial charge is 0.125 e. The van der Waals surface area contributed by atoms with Crippen LogP contribution >= 0.6 is 0 Å². The average molecular weight is 211 g/mol. The maximum absolute atomic E-state index is 13.0. The van der Waals surface area contributed by atoms with Gasteiger partial charge in [0.1, 0.15) is 5.82 Å². The summed E-state index contributed by atoms with van der Waals surface area (Å²) >= 11 is 0. The molecule has 0 fully saturated rings. The van der Waals surface area contributed by atoms with Crippen LogP contribution < -0.4 is 5.73 Å². The summed E-state index contributed by atoms with van der Waals surface area (Å²) in [5, 5.41) is 0. The quantitative estimate of drug-likeness (QED) is 0.759. The Morgan fingerprint density at radius 1 is 1.40 bits per heavy atom. The van der Waals surface area contributed by atoms with Crippen molar-refractivity contribution in [2.24, 2.45) is 0 Å². The first kappa shape index (κ1) is 12.0. The van der Waals surface area contributed by atoms with E-state index in [0.29, 0.717) is 12.3 Å². The van der Waals surface area contributed by atoms with E-state index in [4.69, 9.17) is 10.5 Å². The lowest BCUT2D eigenvalue weighted by Crippen LogP contribution is -2.07. The van der Waals surface area contributed by atoms with Crippen molar-refractivity contribution in [3.8, 4) is 0 Å². The van der Waals surface area contributed by atoms with Crippen molar-refractivity contribution in [1.29, 1.82) is 0 Å². The SMILES string of the molecule is CCCC(C)OCc1cc(N)cc(F)c1. The van der Waals surface area contributed by atoms with Crippen LogP contribution in [-0.2, 0) is 11.3 Å². The fraction of sp³-hybridized carbons (Fsp3) is 0.500. The predicted octanol–water partition coefficient (Wildman–Crippen LogP) is 3.11. The third-order valence-electron chi connectivity index (χ3n) is 2.21. The molecule has 0 radical (unpaired) electrons. The van der Waals surface area contributed by atoms with Gasteiger partial charge in [0.25, 0.3) is 0 Å². The minimum absolute atomic E-state index is 0.208. The monoisotopic (exact) mass is 211 g/mol. The van der Waals surface area contributed by atoms with Crippen LogP contribution in [0.15, 0.2) is 18.2 Å². The molecule has 0 spiro atoms. The number of hydrogen-bond acceptors (Lipinski definition) is 2. The van der Waals surface area contributed by atoms with Crippen molar-refractivity contribution >= 4 is 5.69 Å². The highest BCUT2D eigenvalue weighted by atomic mass is 19.1. The molecule has 0 aliphatic heterocycles. The predicted molar refractivity (Wildman–Crippen MR) is 60.0 cm³/mol. The number of hydrogen-bond donors (Lipinski definition) is 1. The lowest BCUT2D eigenvalue weighted by atomic mass is 10.2. The molecule has 3 heteroatoms. The molecule has 1 unspecified atom stereocenters. The second-order valence-electron chi connectivity index (χ2n) is 3.80. The van der Waals surface area contributed by atoms with Gasteiger partial charge in [-0.1, -0.05) is 13.3 Å². The molecule has 1 aromatic carbocycles. The number of nitrogen functional groups attached to an aromatic ring is 1. The zero-order chi connectivity index (χ0) is 11.3. The summed E-state index contributed by atoms with van der Waals surface area (Å²) in [5.41, 5.74) is 6.76. The highest BCUT2D eigenvalue weighted by Gasteiger charge is 2.03. The lowest BCUT2D eigenvalue weighted by molar-refractivity contribution is 0.0471. The van der Waals surface area contributed by atoms with Crippen molar-refractivity contribution in [2.75, 3.05) is 5.73 Å². The van der Waals surface area contributed by atoms with E-state index in [0.717, 1.165) is 18.4 Å². The van der Waals surface area contributed by atoms with Crippen LogP contribution in [0.1, 0.15) is 32.3 Å². The molecule has 1 atom stereocenters. The maximum Gasteiger partial charge on any atom is 0.125 e. The van der Waals surface area contributed by atoms with Crippen LogP contribution in [0.5, 0.6) is 0 Å². The number of ether oxygens (including phenoxy) is 1. The second kappa shape index (κ2) is 5.71. The van der Waals surface area contributed by atoms with Crippen LogP contribution in [0.4, 0.5) is 10.1 Å². The molecule has 0 saturated heterocycles. The van der Waals surface area contributed by atoms with E-state index < -0.39 is 0 Å². The fourth-order valence-electron chi connectivity index (χ4n) is 1.49. The van der Waals surface area contributed by atoms with E-state index in [-0.39, 0.29) is 11.9 Å².